The van der Waals surface area contributed by atoms with Gasteiger partial charge < -0.3 is 5.21 Å². The minimum absolute atomic E-state index is 0.175. The second kappa shape index (κ2) is 3.56. The molecule has 1 heterocycles. The zero-order chi connectivity index (χ0) is 8.39. The molecule has 2 N–H and O–H groups in total. The lowest BCUT2D eigenvalue weighted by Gasteiger charge is -2.11. The van der Waals surface area contributed by atoms with E-state index in [1.165, 1.54) is 29.7 Å². The van der Waals surface area contributed by atoms with Crippen molar-refractivity contribution in [1.82, 2.24) is 5.48 Å². The lowest BCUT2D eigenvalue weighted by atomic mass is 10.1. The zero-order valence-electron chi connectivity index (χ0n) is 6.92. The van der Waals surface area contributed by atoms with Gasteiger partial charge in [-0.3, -0.25) is 0 Å². The van der Waals surface area contributed by atoms with Crippen LogP contribution in [0.5, 0.6) is 0 Å². The largest absolute Gasteiger partial charge is 0.316 e. The molecule has 0 spiro atoms. The Morgan fingerprint density at radius 1 is 1.50 bits per heavy atom. The number of fused-ring (bicyclic) bond motifs is 1. The Balaban J connectivity index is 2.29. The van der Waals surface area contributed by atoms with Gasteiger partial charge in [-0.25, -0.2) is 0 Å². The molecular formula is C9H13NOS. The molecule has 12 heavy (non-hydrogen) atoms. The van der Waals surface area contributed by atoms with Crippen LogP contribution in [-0.4, -0.2) is 5.21 Å². The first-order valence-corrected chi connectivity index (χ1v) is 5.25. The maximum absolute atomic E-state index is 8.94. The van der Waals surface area contributed by atoms with E-state index in [0.717, 1.165) is 6.42 Å². The molecule has 3 heteroatoms. The molecule has 0 amide bonds. The number of rotatable bonds is 1. The summed E-state index contributed by atoms with van der Waals surface area (Å²) in [7, 11) is 0. The molecule has 0 aromatic carbocycles. The summed E-state index contributed by atoms with van der Waals surface area (Å²) in [5.41, 5.74) is 3.70. The van der Waals surface area contributed by atoms with Crippen molar-refractivity contribution in [3.63, 3.8) is 0 Å². The number of nitrogens with one attached hydrogen (secondary N) is 1. The van der Waals surface area contributed by atoms with Gasteiger partial charge in [0.2, 0.25) is 0 Å². The average Bonchev–Trinajstić information content (AvgIpc) is 2.46. The van der Waals surface area contributed by atoms with Crippen molar-refractivity contribution in [3.8, 4) is 0 Å². The Labute approximate surface area is 76.2 Å². The van der Waals surface area contributed by atoms with Gasteiger partial charge in [-0.05, 0) is 36.3 Å². The van der Waals surface area contributed by atoms with Crippen LogP contribution in [0.3, 0.4) is 0 Å². The number of aryl methyl sites for hydroxylation is 1. The molecule has 2 rings (SSSR count). The monoisotopic (exact) mass is 183 g/mol. The molecule has 0 fully saturated rings. The fourth-order valence-electron chi connectivity index (χ4n) is 1.79. The fourth-order valence-corrected chi connectivity index (χ4v) is 2.78. The van der Waals surface area contributed by atoms with E-state index in [-0.39, 0.29) is 6.04 Å². The fraction of sp³-hybridized carbons (Fsp3) is 0.556. The van der Waals surface area contributed by atoms with E-state index in [2.05, 4.69) is 16.9 Å². The molecule has 1 aromatic heterocycles. The van der Waals surface area contributed by atoms with Crippen LogP contribution in [-0.2, 0) is 6.42 Å². The molecule has 0 aliphatic heterocycles. The van der Waals surface area contributed by atoms with E-state index in [9.17, 15) is 0 Å². The maximum atomic E-state index is 8.94. The molecule has 0 saturated heterocycles. The summed E-state index contributed by atoms with van der Waals surface area (Å²) in [6, 6.07) is 2.30. The summed E-state index contributed by atoms with van der Waals surface area (Å²) in [6.07, 6.45) is 4.71. The van der Waals surface area contributed by atoms with Gasteiger partial charge >= 0.3 is 0 Å². The van der Waals surface area contributed by atoms with E-state index in [1.807, 2.05) is 0 Å². The highest BCUT2D eigenvalue weighted by Gasteiger charge is 2.18. The van der Waals surface area contributed by atoms with Crippen molar-refractivity contribution < 1.29 is 5.21 Å². The first-order valence-electron chi connectivity index (χ1n) is 4.37. The summed E-state index contributed by atoms with van der Waals surface area (Å²) < 4.78 is 0. The lowest BCUT2D eigenvalue weighted by molar-refractivity contribution is 0.121. The molecule has 1 unspecified atom stereocenters. The standard InChI is InChI=1S/C9H13NOS/c11-10-8-3-1-2-4-9-7(8)5-6-12-9/h5-6,8,10-11H,1-4H2. The van der Waals surface area contributed by atoms with Crippen molar-refractivity contribution >= 4 is 11.3 Å². The summed E-state index contributed by atoms with van der Waals surface area (Å²) in [5, 5.41) is 11.0. The molecule has 1 aromatic rings. The van der Waals surface area contributed by atoms with E-state index in [1.54, 1.807) is 11.3 Å². The van der Waals surface area contributed by atoms with Crippen LogP contribution in [0.25, 0.3) is 0 Å². The highest BCUT2D eigenvalue weighted by atomic mass is 32.1. The highest BCUT2D eigenvalue weighted by molar-refractivity contribution is 7.10. The second-order valence-electron chi connectivity index (χ2n) is 3.23. The lowest BCUT2D eigenvalue weighted by Crippen LogP contribution is -2.16. The van der Waals surface area contributed by atoms with E-state index >= 15 is 0 Å². The van der Waals surface area contributed by atoms with Gasteiger partial charge in [-0.1, -0.05) is 6.42 Å². The molecule has 66 valence electrons. The average molecular weight is 183 g/mol. The van der Waals surface area contributed by atoms with E-state index in [0.29, 0.717) is 0 Å². The van der Waals surface area contributed by atoms with Crippen molar-refractivity contribution in [2.75, 3.05) is 0 Å². The number of hydrogen-bond donors (Lipinski definition) is 2. The minimum Gasteiger partial charge on any atom is -0.316 e. The first-order chi connectivity index (χ1) is 5.92. The molecule has 0 saturated carbocycles. The molecule has 1 aliphatic carbocycles. The highest BCUT2D eigenvalue weighted by Crippen LogP contribution is 2.31. The third-order valence-corrected chi connectivity index (χ3v) is 3.45. The van der Waals surface area contributed by atoms with Crippen molar-refractivity contribution in [1.29, 1.82) is 0 Å². The third kappa shape index (κ3) is 1.40. The van der Waals surface area contributed by atoms with Gasteiger partial charge in [-0.15, -0.1) is 11.3 Å². The topological polar surface area (TPSA) is 32.3 Å². The molecule has 2 nitrogen and oxygen atoms in total. The van der Waals surface area contributed by atoms with E-state index < -0.39 is 0 Å². The predicted octanol–water partition coefficient (Wildman–Crippen LogP) is 2.49. The van der Waals surface area contributed by atoms with Gasteiger partial charge in [0.15, 0.2) is 0 Å². The Bertz CT molecular complexity index is 259. The van der Waals surface area contributed by atoms with Gasteiger partial charge in [0.05, 0.1) is 6.04 Å². The van der Waals surface area contributed by atoms with Crippen LogP contribution in [0, 0.1) is 0 Å². The number of hydrogen-bond acceptors (Lipinski definition) is 3. The van der Waals surface area contributed by atoms with E-state index in [4.69, 9.17) is 5.21 Å². The van der Waals surface area contributed by atoms with Gasteiger partial charge in [0.25, 0.3) is 0 Å². The van der Waals surface area contributed by atoms with Gasteiger partial charge in [0, 0.05) is 4.88 Å². The maximum Gasteiger partial charge on any atom is 0.0579 e. The van der Waals surface area contributed by atoms with Crippen molar-refractivity contribution in [2.24, 2.45) is 0 Å². The second-order valence-corrected chi connectivity index (χ2v) is 4.23. The first kappa shape index (κ1) is 8.23. The summed E-state index contributed by atoms with van der Waals surface area (Å²) >= 11 is 1.81. The number of hydroxylamine groups is 1. The predicted molar refractivity (Wildman–Crippen MR) is 49.5 cm³/mol. The Morgan fingerprint density at radius 3 is 3.25 bits per heavy atom. The van der Waals surface area contributed by atoms with Crippen molar-refractivity contribution in [3.05, 3.63) is 21.9 Å². The summed E-state index contributed by atoms with van der Waals surface area (Å²) in [5.74, 6) is 0. The molecule has 1 atom stereocenters. The smallest absolute Gasteiger partial charge is 0.0579 e. The van der Waals surface area contributed by atoms with Crippen LogP contribution in [0.1, 0.15) is 35.7 Å². The Morgan fingerprint density at radius 2 is 2.42 bits per heavy atom. The quantitative estimate of drug-likeness (QED) is 0.518. The van der Waals surface area contributed by atoms with Crippen LogP contribution < -0.4 is 5.48 Å². The normalized spacial score (nSPS) is 23.2. The Hall–Kier alpha value is -0.380. The van der Waals surface area contributed by atoms with Crippen LogP contribution in [0.15, 0.2) is 11.4 Å². The molecular weight excluding hydrogens is 170 g/mol. The summed E-state index contributed by atoms with van der Waals surface area (Å²) in [6.45, 7) is 0. The van der Waals surface area contributed by atoms with Crippen LogP contribution >= 0.6 is 11.3 Å². The van der Waals surface area contributed by atoms with Crippen LogP contribution in [0.4, 0.5) is 0 Å². The summed E-state index contributed by atoms with van der Waals surface area (Å²) in [4.78, 5) is 1.44. The SMILES string of the molecule is ONC1CCCCc2sccc21. The molecule has 0 bridgehead atoms. The number of thiophene rings is 1. The minimum atomic E-state index is 0.175. The zero-order valence-corrected chi connectivity index (χ0v) is 7.73. The van der Waals surface area contributed by atoms with Gasteiger partial charge in [0.1, 0.15) is 0 Å². The molecule has 0 radical (unpaired) electrons. The molecule has 1 aliphatic rings. The third-order valence-electron chi connectivity index (χ3n) is 2.46. The Kier molecular flexibility index (Phi) is 2.44. The van der Waals surface area contributed by atoms with Gasteiger partial charge in [-0.2, -0.15) is 5.48 Å². The van der Waals surface area contributed by atoms with Crippen LogP contribution in [0.2, 0.25) is 0 Å². The van der Waals surface area contributed by atoms with Crippen molar-refractivity contribution in [2.45, 2.75) is 31.7 Å².